The van der Waals surface area contributed by atoms with E-state index in [1.165, 1.54) is 7.11 Å². The summed E-state index contributed by atoms with van der Waals surface area (Å²) in [5, 5.41) is 8.12. The summed E-state index contributed by atoms with van der Waals surface area (Å²) in [5.41, 5.74) is 0.797. The monoisotopic (exact) mass is 313 g/mol. The molecule has 3 rings (SSSR count). The van der Waals surface area contributed by atoms with Gasteiger partial charge >= 0.3 is 5.97 Å². The molecule has 0 amide bonds. The highest BCUT2D eigenvalue weighted by Crippen LogP contribution is 2.18. The molecule has 118 valence electrons. The lowest BCUT2D eigenvalue weighted by atomic mass is 10.3. The lowest BCUT2D eigenvalue weighted by Crippen LogP contribution is -2.06. The SMILES string of the molecule is COC(=O)c1cccn2c(COc3ccc(OC)cc3)nnc12. The first-order valence-electron chi connectivity index (χ1n) is 6.90. The zero-order valence-corrected chi connectivity index (χ0v) is 12.7. The average Bonchev–Trinajstić information content (AvgIpc) is 3.03. The van der Waals surface area contributed by atoms with Crippen molar-refractivity contribution in [3.8, 4) is 11.5 Å². The highest BCUT2D eigenvalue weighted by molar-refractivity contribution is 5.95. The number of nitrogens with zero attached hydrogens (tertiary/aromatic N) is 3. The number of hydrogen-bond acceptors (Lipinski definition) is 6. The Labute approximate surface area is 132 Å². The first kappa shape index (κ1) is 14.8. The maximum absolute atomic E-state index is 11.7. The first-order valence-corrected chi connectivity index (χ1v) is 6.90. The minimum absolute atomic E-state index is 0.220. The highest BCUT2D eigenvalue weighted by atomic mass is 16.5. The van der Waals surface area contributed by atoms with E-state index in [1.54, 1.807) is 29.8 Å². The third kappa shape index (κ3) is 2.94. The van der Waals surface area contributed by atoms with Gasteiger partial charge in [-0.2, -0.15) is 0 Å². The van der Waals surface area contributed by atoms with Crippen LogP contribution in [0.25, 0.3) is 5.65 Å². The summed E-state index contributed by atoms with van der Waals surface area (Å²) >= 11 is 0. The Morgan fingerprint density at radius 3 is 2.52 bits per heavy atom. The molecule has 7 nitrogen and oxygen atoms in total. The maximum Gasteiger partial charge on any atom is 0.341 e. The van der Waals surface area contributed by atoms with E-state index in [2.05, 4.69) is 10.2 Å². The Morgan fingerprint density at radius 1 is 1.09 bits per heavy atom. The number of carbonyl (C=O) groups is 1. The molecule has 0 aliphatic heterocycles. The van der Waals surface area contributed by atoms with E-state index in [0.717, 1.165) is 5.75 Å². The summed E-state index contributed by atoms with van der Waals surface area (Å²) in [4.78, 5) is 11.7. The van der Waals surface area contributed by atoms with Crippen LogP contribution in [0.5, 0.6) is 11.5 Å². The zero-order chi connectivity index (χ0) is 16.2. The highest BCUT2D eigenvalue weighted by Gasteiger charge is 2.15. The summed E-state index contributed by atoms with van der Waals surface area (Å²) in [6.45, 7) is 0.220. The molecule has 3 aromatic rings. The second-order valence-electron chi connectivity index (χ2n) is 4.69. The van der Waals surface area contributed by atoms with E-state index in [0.29, 0.717) is 22.8 Å². The molecule has 23 heavy (non-hydrogen) atoms. The van der Waals surface area contributed by atoms with E-state index in [9.17, 15) is 4.79 Å². The average molecular weight is 313 g/mol. The van der Waals surface area contributed by atoms with Crippen molar-refractivity contribution in [2.45, 2.75) is 6.61 Å². The van der Waals surface area contributed by atoms with Gasteiger partial charge in [-0.15, -0.1) is 10.2 Å². The van der Waals surface area contributed by atoms with Crippen molar-refractivity contribution in [2.24, 2.45) is 0 Å². The van der Waals surface area contributed by atoms with E-state index < -0.39 is 5.97 Å². The largest absolute Gasteiger partial charge is 0.497 e. The van der Waals surface area contributed by atoms with Gasteiger partial charge in [-0.3, -0.25) is 4.40 Å². The van der Waals surface area contributed by atoms with Crippen molar-refractivity contribution in [2.75, 3.05) is 14.2 Å². The lowest BCUT2D eigenvalue weighted by molar-refractivity contribution is 0.0602. The van der Waals surface area contributed by atoms with Crippen molar-refractivity contribution in [3.63, 3.8) is 0 Å². The van der Waals surface area contributed by atoms with Crippen LogP contribution < -0.4 is 9.47 Å². The van der Waals surface area contributed by atoms with Crippen LogP contribution in [0.3, 0.4) is 0 Å². The van der Waals surface area contributed by atoms with Gasteiger partial charge in [-0.05, 0) is 36.4 Å². The van der Waals surface area contributed by atoms with Crippen LogP contribution in [-0.2, 0) is 11.3 Å². The molecule has 0 spiro atoms. The van der Waals surface area contributed by atoms with Crippen LogP contribution >= 0.6 is 0 Å². The smallest absolute Gasteiger partial charge is 0.341 e. The topological polar surface area (TPSA) is 75.0 Å². The quantitative estimate of drug-likeness (QED) is 0.672. The molecule has 0 fully saturated rings. The van der Waals surface area contributed by atoms with Crippen molar-refractivity contribution in [3.05, 3.63) is 54.0 Å². The summed E-state index contributed by atoms with van der Waals surface area (Å²) in [5.74, 6) is 1.58. The second kappa shape index (κ2) is 6.35. The Kier molecular flexibility index (Phi) is 4.09. The fraction of sp³-hybridized carbons (Fsp3) is 0.188. The van der Waals surface area contributed by atoms with Gasteiger partial charge in [-0.1, -0.05) is 0 Å². The van der Waals surface area contributed by atoms with Crippen LogP contribution in [0.4, 0.5) is 0 Å². The Morgan fingerprint density at radius 2 is 1.83 bits per heavy atom. The fourth-order valence-electron chi connectivity index (χ4n) is 2.15. The van der Waals surface area contributed by atoms with E-state index in [1.807, 2.05) is 24.3 Å². The van der Waals surface area contributed by atoms with Crippen LogP contribution in [0.1, 0.15) is 16.2 Å². The second-order valence-corrected chi connectivity index (χ2v) is 4.69. The van der Waals surface area contributed by atoms with Gasteiger partial charge in [-0.25, -0.2) is 4.79 Å². The standard InChI is InChI=1S/C16H15N3O4/c1-21-11-5-7-12(8-6-11)23-10-14-17-18-15-13(16(20)22-2)4-3-9-19(14)15/h3-9H,10H2,1-2H3. The minimum atomic E-state index is -0.453. The van der Waals surface area contributed by atoms with Crippen LogP contribution in [0.2, 0.25) is 0 Å². The van der Waals surface area contributed by atoms with Gasteiger partial charge in [0.25, 0.3) is 0 Å². The number of benzene rings is 1. The molecule has 0 aliphatic rings. The lowest BCUT2D eigenvalue weighted by Gasteiger charge is -2.06. The van der Waals surface area contributed by atoms with Crippen molar-refractivity contribution < 1.29 is 19.0 Å². The van der Waals surface area contributed by atoms with Crippen LogP contribution in [-0.4, -0.2) is 34.8 Å². The van der Waals surface area contributed by atoms with Gasteiger partial charge in [0.2, 0.25) is 0 Å². The Bertz CT molecular complexity index is 827. The van der Waals surface area contributed by atoms with Crippen LogP contribution in [0, 0.1) is 0 Å². The number of rotatable bonds is 5. The van der Waals surface area contributed by atoms with Crippen molar-refractivity contribution >= 4 is 11.6 Å². The molecular formula is C16H15N3O4. The summed E-state index contributed by atoms with van der Waals surface area (Å²) in [6, 6.07) is 10.6. The first-order chi connectivity index (χ1) is 11.2. The third-order valence-corrected chi connectivity index (χ3v) is 3.34. The normalized spacial score (nSPS) is 10.5. The van der Waals surface area contributed by atoms with Gasteiger partial charge in [0.15, 0.2) is 11.5 Å². The van der Waals surface area contributed by atoms with E-state index in [-0.39, 0.29) is 6.61 Å². The van der Waals surface area contributed by atoms with Crippen LogP contribution in [0.15, 0.2) is 42.6 Å². The van der Waals surface area contributed by atoms with Crippen molar-refractivity contribution in [1.29, 1.82) is 0 Å². The molecule has 0 unspecified atom stereocenters. The van der Waals surface area contributed by atoms with Gasteiger partial charge in [0.1, 0.15) is 23.7 Å². The number of esters is 1. The molecular weight excluding hydrogens is 298 g/mol. The molecule has 0 radical (unpaired) electrons. The van der Waals surface area contributed by atoms with E-state index in [4.69, 9.17) is 14.2 Å². The number of ether oxygens (including phenoxy) is 3. The summed E-state index contributed by atoms with van der Waals surface area (Å²) < 4.78 is 17.2. The molecule has 0 N–H and O–H groups in total. The molecule has 0 saturated carbocycles. The predicted molar refractivity (Wildman–Crippen MR) is 81.7 cm³/mol. The minimum Gasteiger partial charge on any atom is -0.497 e. The zero-order valence-electron chi connectivity index (χ0n) is 12.7. The molecule has 0 aliphatic carbocycles. The molecule has 1 aromatic carbocycles. The summed E-state index contributed by atoms with van der Waals surface area (Å²) in [7, 11) is 2.94. The van der Waals surface area contributed by atoms with Crippen molar-refractivity contribution in [1.82, 2.24) is 14.6 Å². The molecule has 7 heteroatoms. The molecule has 0 bridgehead atoms. The number of hydrogen-bond donors (Lipinski definition) is 0. The molecule has 0 atom stereocenters. The number of carbonyl (C=O) groups excluding carboxylic acids is 1. The van der Waals surface area contributed by atoms with Gasteiger partial charge in [0, 0.05) is 6.20 Å². The number of aromatic nitrogens is 3. The molecule has 2 aromatic heterocycles. The fourth-order valence-corrected chi connectivity index (χ4v) is 2.15. The van der Waals surface area contributed by atoms with E-state index >= 15 is 0 Å². The Balaban J connectivity index is 1.82. The summed E-state index contributed by atoms with van der Waals surface area (Å²) in [6.07, 6.45) is 1.77. The number of methoxy groups -OCH3 is 2. The number of pyridine rings is 1. The molecule has 2 heterocycles. The molecule has 0 saturated heterocycles. The van der Waals surface area contributed by atoms with Gasteiger partial charge < -0.3 is 14.2 Å². The van der Waals surface area contributed by atoms with Gasteiger partial charge in [0.05, 0.1) is 14.2 Å². The Hall–Kier alpha value is -3.09. The maximum atomic E-state index is 11.7. The predicted octanol–water partition coefficient (Wildman–Crippen LogP) is 2.10. The number of fused-ring (bicyclic) bond motifs is 1. The third-order valence-electron chi connectivity index (χ3n) is 3.34.